The predicted octanol–water partition coefficient (Wildman–Crippen LogP) is 4.84. The molecule has 0 amide bonds. The Labute approximate surface area is 135 Å². The molecule has 1 nitrogen and oxygen atoms in total. The third-order valence-corrected chi connectivity index (χ3v) is 4.76. The molecular formula is C20H20F2N+. The van der Waals surface area contributed by atoms with Gasteiger partial charge in [0, 0.05) is 13.0 Å². The Morgan fingerprint density at radius 1 is 0.870 bits per heavy atom. The van der Waals surface area contributed by atoms with Gasteiger partial charge in [0.2, 0.25) is 5.69 Å². The summed E-state index contributed by atoms with van der Waals surface area (Å²) in [5.41, 5.74) is 5.21. The molecular weight excluding hydrogens is 292 g/mol. The molecule has 0 aliphatic rings. The van der Waals surface area contributed by atoms with Gasteiger partial charge in [-0.2, -0.15) is 4.57 Å². The Kier molecular flexibility index (Phi) is 3.67. The minimum absolute atomic E-state index is 0.156. The number of fused-ring (bicyclic) bond motifs is 1. The van der Waals surface area contributed by atoms with Gasteiger partial charge in [-0.25, -0.2) is 8.78 Å². The third kappa shape index (κ3) is 2.40. The van der Waals surface area contributed by atoms with E-state index in [2.05, 4.69) is 4.57 Å². The van der Waals surface area contributed by atoms with Crippen molar-refractivity contribution in [3.8, 4) is 11.3 Å². The van der Waals surface area contributed by atoms with Crippen LogP contribution in [0.1, 0.15) is 22.4 Å². The van der Waals surface area contributed by atoms with Gasteiger partial charge < -0.3 is 0 Å². The number of aryl methyl sites for hydroxylation is 2. The molecule has 0 unspecified atom stereocenters. The second kappa shape index (κ2) is 5.41. The van der Waals surface area contributed by atoms with Crippen LogP contribution in [0.2, 0.25) is 0 Å². The van der Waals surface area contributed by atoms with Crippen molar-refractivity contribution in [1.29, 1.82) is 0 Å². The van der Waals surface area contributed by atoms with E-state index in [9.17, 15) is 8.78 Å². The maximum absolute atomic E-state index is 14.2. The van der Waals surface area contributed by atoms with E-state index in [1.54, 1.807) is 26.0 Å². The number of benzene rings is 2. The minimum atomic E-state index is -0.250. The lowest BCUT2D eigenvalue weighted by Gasteiger charge is -2.13. The first-order valence-electron chi connectivity index (χ1n) is 7.67. The Bertz CT molecular complexity index is 943. The van der Waals surface area contributed by atoms with E-state index in [0.717, 1.165) is 33.3 Å². The molecule has 2 aromatic carbocycles. The minimum Gasteiger partial charge on any atom is -0.207 e. The molecule has 3 aromatic rings. The van der Waals surface area contributed by atoms with Crippen LogP contribution in [0.25, 0.3) is 22.0 Å². The summed E-state index contributed by atoms with van der Waals surface area (Å²) in [6.45, 7) is 7.51. The lowest BCUT2D eigenvalue weighted by molar-refractivity contribution is -0.665. The fourth-order valence-corrected chi connectivity index (χ4v) is 3.17. The summed E-state index contributed by atoms with van der Waals surface area (Å²) in [6, 6.07) is 8.67. The van der Waals surface area contributed by atoms with E-state index >= 15 is 0 Å². The zero-order valence-electron chi connectivity index (χ0n) is 14.1. The fraction of sp³-hybridized carbons (Fsp3) is 0.250. The van der Waals surface area contributed by atoms with Crippen molar-refractivity contribution in [2.75, 3.05) is 0 Å². The molecule has 0 fully saturated rings. The molecule has 0 saturated carbocycles. The van der Waals surface area contributed by atoms with Crippen LogP contribution in [0.15, 0.2) is 30.3 Å². The van der Waals surface area contributed by atoms with E-state index in [-0.39, 0.29) is 11.6 Å². The largest absolute Gasteiger partial charge is 0.220 e. The van der Waals surface area contributed by atoms with Crippen molar-refractivity contribution in [3.05, 3.63) is 64.4 Å². The van der Waals surface area contributed by atoms with Crippen LogP contribution in [0.4, 0.5) is 8.78 Å². The van der Waals surface area contributed by atoms with Gasteiger partial charge in [0.05, 0.1) is 10.9 Å². The number of rotatable bonds is 1. The number of hydrogen-bond acceptors (Lipinski definition) is 0. The normalized spacial score (nSPS) is 11.3. The highest BCUT2D eigenvalue weighted by Gasteiger charge is 2.22. The fourth-order valence-electron chi connectivity index (χ4n) is 3.17. The summed E-state index contributed by atoms with van der Waals surface area (Å²) >= 11 is 0. The van der Waals surface area contributed by atoms with Crippen molar-refractivity contribution >= 4 is 10.8 Å². The molecule has 0 aliphatic carbocycles. The van der Waals surface area contributed by atoms with Gasteiger partial charge in [-0.15, -0.1) is 0 Å². The van der Waals surface area contributed by atoms with Crippen molar-refractivity contribution < 1.29 is 13.3 Å². The average Bonchev–Trinajstić information content (AvgIpc) is 2.51. The van der Waals surface area contributed by atoms with E-state index in [4.69, 9.17) is 0 Å². The molecule has 3 heteroatoms. The summed E-state index contributed by atoms with van der Waals surface area (Å²) in [5, 5.41) is 1.82. The Balaban J connectivity index is 2.48. The quantitative estimate of drug-likeness (QED) is 0.566. The summed E-state index contributed by atoms with van der Waals surface area (Å²) in [7, 11) is 1.99. The number of halogens is 2. The Morgan fingerprint density at radius 3 is 2.26 bits per heavy atom. The summed E-state index contributed by atoms with van der Waals surface area (Å²) in [5.74, 6) is -0.406. The van der Waals surface area contributed by atoms with Gasteiger partial charge in [-0.3, -0.25) is 0 Å². The van der Waals surface area contributed by atoms with E-state index in [1.807, 2.05) is 33.0 Å². The number of hydrogen-bond donors (Lipinski definition) is 0. The zero-order valence-corrected chi connectivity index (χ0v) is 14.1. The van der Waals surface area contributed by atoms with Crippen LogP contribution in [0.5, 0.6) is 0 Å². The molecule has 1 heterocycles. The predicted molar refractivity (Wildman–Crippen MR) is 89.4 cm³/mol. The lowest BCUT2D eigenvalue weighted by Crippen LogP contribution is -2.35. The smallest absolute Gasteiger partial charge is 0.207 e. The van der Waals surface area contributed by atoms with Crippen LogP contribution >= 0.6 is 0 Å². The molecule has 0 bridgehead atoms. The Morgan fingerprint density at radius 2 is 1.57 bits per heavy atom. The van der Waals surface area contributed by atoms with Crippen LogP contribution in [-0.4, -0.2) is 0 Å². The second-order valence-corrected chi connectivity index (χ2v) is 6.23. The van der Waals surface area contributed by atoms with Crippen LogP contribution in [0, 0.1) is 39.3 Å². The highest BCUT2D eigenvalue weighted by Crippen LogP contribution is 2.32. The molecule has 0 saturated heterocycles. The standard InChI is InChI=1S/C20H20F2N/c1-11-8-18(13(3)14(4)19(11)22)20-17-7-6-16(21)10-15(17)9-12(2)23(20)5/h6-10H,1-5H3/q+1. The van der Waals surface area contributed by atoms with E-state index < -0.39 is 0 Å². The molecule has 0 spiro atoms. The summed E-state index contributed by atoms with van der Waals surface area (Å²) < 4.78 is 29.9. The monoisotopic (exact) mass is 312 g/mol. The number of nitrogens with zero attached hydrogens (tertiary/aromatic N) is 1. The molecule has 0 radical (unpaired) electrons. The third-order valence-electron chi connectivity index (χ3n) is 4.76. The topological polar surface area (TPSA) is 3.88 Å². The molecule has 0 N–H and O–H groups in total. The summed E-state index contributed by atoms with van der Waals surface area (Å²) in [4.78, 5) is 0. The van der Waals surface area contributed by atoms with E-state index in [0.29, 0.717) is 11.1 Å². The zero-order chi connectivity index (χ0) is 16.9. The SMILES string of the molecule is Cc1cc(-c2c3ccc(F)cc3cc(C)[n+]2C)c(C)c(C)c1F. The number of pyridine rings is 1. The van der Waals surface area contributed by atoms with Gasteiger partial charge >= 0.3 is 0 Å². The molecule has 23 heavy (non-hydrogen) atoms. The van der Waals surface area contributed by atoms with Crippen LogP contribution in [0.3, 0.4) is 0 Å². The average molecular weight is 312 g/mol. The molecule has 0 aliphatic heterocycles. The summed E-state index contributed by atoms with van der Waals surface area (Å²) in [6.07, 6.45) is 0. The first kappa shape index (κ1) is 15.6. The lowest BCUT2D eigenvalue weighted by atomic mass is 9.93. The second-order valence-electron chi connectivity index (χ2n) is 6.23. The number of aromatic nitrogens is 1. The van der Waals surface area contributed by atoms with Gasteiger partial charge in [0.1, 0.15) is 18.7 Å². The van der Waals surface area contributed by atoms with Gasteiger partial charge in [0.15, 0.2) is 5.69 Å². The van der Waals surface area contributed by atoms with Crippen LogP contribution < -0.4 is 4.57 Å². The highest BCUT2D eigenvalue weighted by molar-refractivity contribution is 5.94. The van der Waals surface area contributed by atoms with Crippen molar-refractivity contribution in [2.24, 2.45) is 7.05 Å². The molecule has 0 atom stereocenters. The van der Waals surface area contributed by atoms with Crippen molar-refractivity contribution in [3.63, 3.8) is 0 Å². The highest BCUT2D eigenvalue weighted by atomic mass is 19.1. The van der Waals surface area contributed by atoms with Crippen molar-refractivity contribution in [2.45, 2.75) is 27.7 Å². The Hall–Kier alpha value is -2.29. The van der Waals surface area contributed by atoms with Gasteiger partial charge in [0.25, 0.3) is 0 Å². The maximum Gasteiger partial charge on any atom is 0.220 e. The molecule has 1 aromatic heterocycles. The van der Waals surface area contributed by atoms with Gasteiger partial charge in [-0.05, 0) is 67.1 Å². The van der Waals surface area contributed by atoms with Gasteiger partial charge in [-0.1, -0.05) is 0 Å². The first-order valence-corrected chi connectivity index (χ1v) is 7.67. The maximum atomic E-state index is 14.2. The van der Waals surface area contributed by atoms with Crippen LogP contribution in [-0.2, 0) is 7.05 Å². The first-order chi connectivity index (χ1) is 10.8. The van der Waals surface area contributed by atoms with E-state index in [1.165, 1.54) is 6.07 Å². The molecule has 3 rings (SSSR count). The molecule has 118 valence electrons. The van der Waals surface area contributed by atoms with Crippen molar-refractivity contribution in [1.82, 2.24) is 0 Å².